The lowest BCUT2D eigenvalue weighted by atomic mass is 9.96. The van der Waals surface area contributed by atoms with Gasteiger partial charge in [0.15, 0.2) is 0 Å². The molecule has 180 valence electrons. The summed E-state index contributed by atoms with van der Waals surface area (Å²) in [5, 5.41) is 15.4. The molecule has 6 heteroatoms. The highest BCUT2D eigenvalue weighted by Crippen LogP contribution is 2.51. The highest BCUT2D eigenvalue weighted by molar-refractivity contribution is 7.12. The number of fused-ring (bicyclic) bond motifs is 2. The number of carbonyl (C=O) groups is 1. The number of nitrogens with zero attached hydrogens (tertiary/aromatic N) is 1. The van der Waals surface area contributed by atoms with E-state index in [0.29, 0.717) is 27.6 Å². The molecule has 2 fully saturated rings. The van der Waals surface area contributed by atoms with Crippen LogP contribution in [0.4, 0.5) is 0 Å². The predicted molar refractivity (Wildman–Crippen MR) is 138 cm³/mol. The highest BCUT2D eigenvalue weighted by atomic mass is 32.1. The van der Waals surface area contributed by atoms with Gasteiger partial charge in [0, 0.05) is 18.3 Å². The van der Waals surface area contributed by atoms with E-state index in [4.69, 9.17) is 4.74 Å². The van der Waals surface area contributed by atoms with Gasteiger partial charge in [-0.05, 0) is 54.1 Å². The van der Waals surface area contributed by atoms with E-state index in [1.54, 1.807) is 0 Å². The number of ether oxygens (including phenoxy) is 1. The smallest absolute Gasteiger partial charge is 0.349 e. The van der Waals surface area contributed by atoms with Gasteiger partial charge in [-0.3, -0.25) is 0 Å². The number of quaternary nitrogens is 1. The SMILES string of the molecule is C[N+](C)(CCCc1ccccc1)C1C2CC[C@@H]1[C@H](OC(=O)C(O)(c1cccs1)c1cccs1)C2. The van der Waals surface area contributed by atoms with Gasteiger partial charge in [0.05, 0.1) is 36.4 Å². The Kier molecular flexibility index (Phi) is 6.68. The normalized spacial score (nSPS) is 24.4. The van der Waals surface area contributed by atoms with E-state index in [9.17, 15) is 9.90 Å². The molecule has 2 heterocycles. The number of aliphatic hydroxyl groups is 1. The Bertz CT molecular complexity index is 1040. The minimum absolute atomic E-state index is 0.116. The van der Waals surface area contributed by atoms with Crippen molar-refractivity contribution < 1.29 is 19.1 Å². The molecule has 2 aromatic heterocycles. The Morgan fingerprint density at radius 1 is 1.03 bits per heavy atom. The van der Waals surface area contributed by atoms with E-state index in [1.807, 2.05) is 35.0 Å². The molecule has 2 unspecified atom stereocenters. The molecular weight excluding hydrogens is 462 g/mol. The van der Waals surface area contributed by atoms with E-state index < -0.39 is 11.6 Å². The lowest BCUT2D eigenvalue weighted by Crippen LogP contribution is -2.53. The lowest BCUT2D eigenvalue weighted by Gasteiger charge is -2.39. The molecule has 2 bridgehead atoms. The van der Waals surface area contributed by atoms with Crippen LogP contribution < -0.4 is 0 Å². The van der Waals surface area contributed by atoms with Gasteiger partial charge in [-0.25, -0.2) is 4.79 Å². The maximum Gasteiger partial charge on any atom is 0.349 e. The van der Waals surface area contributed by atoms with Crippen LogP contribution in [-0.2, 0) is 21.6 Å². The summed E-state index contributed by atoms with van der Waals surface area (Å²) in [7, 11) is 4.69. The van der Waals surface area contributed by atoms with Crippen molar-refractivity contribution >= 4 is 28.6 Å². The second-order valence-corrected chi connectivity index (χ2v) is 12.3. The quantitative estimate of drug-likeness (QED) is 0.316. The van der Waals surface area contributed by atoms with Crippen LogP contribution >= 0.6 is 22.7 Å². The number of aryl methyl sites for hydroxylation is 1. The maximum absolute atomic E-state index is 13.5. The topological polar surface area (TPSA) is 46.5 Å². The van der Waals surface area contributed by atoms with Gasteiger partial charge in [0.1, 0.15) is 6.10 Å². The molecule has 0 saturated heterocycles. The monoisotopic (exact) mass is 496 g/mol. The number of benzene rings is 1. The number of carbonyl (C=O) groups excluding carboxylic acids is 1. The van der Waals surface area contributed by atoms with Crippen LogP contribution in [-0.4, -0.2) is 48.3 Å². The van der Waals surface area contributed by atoms with Crippen molar-refractivity contribution in [3.05, 3.63) is 80.7 Å². The largest absolute Gasteiger partial charge is 0.459 e. The standard InChI is InChI=1S/C28H34NO3S2/c1-29(2,16-6-11-20-9-4-3-5-10-20)26-21-14-15-22(26)23(19-21)32-27(30)28(31,24-12-7-17-33-24)25-13-8-18-34-25/h3-5,7-10,12-13,17-18,21-23,26,31H,6,11,14-16,19H2,1-2H3/q+1/t21?,22-,23-,26?/m1/s1. The lowest BCUT2D eigenvalue weighted by molar-refractivity contribution is -0.919. The summed E-state index contributed by atoms with van der Waals surface area (Å²) in [5.74, 6) is 0.408. The van der Waals surface area contributed by atoms with E-state index >= 15 is 0 Å². The molecule has 3 aromatic rings. The molecule has 0 aliphatic heterocycles. The molecular formula is C28H34NO3S2+. The molecule has 4 atom stereocenters. The minimum atomic E-state index is -1.72. The first-order valence-electron chi connectivity index (χ1n) is 12.3. The summed E-state index contributed by atoms with van der Waals surface area (Å²) in [6, 6.07) is 18.6. The van der Waals surface area contributed by atoms with Crippen LogP contribution in [0.15, 0.2) is 65.4 Å². The molecule has 1 aromatic carbocycles. The Balaban J connectivity index is 1.27. The summed E-state index contributed by atoms with van der Waals surface area (Å²) >= 11 is 2.79. The van der Waals surface area contributed by atoms with Crippen molar-refractivity contribution in [1.29, 1.82) is 0 Å². The van der Waals surface area contributed by atoms with Crippen molar-refractivity contribution in [3.8, 4) is 0 Å². The fourth-order valence-electron chi connectivity index (χ4n) is 6.46. The predicted octanol–water partition coefficient (Wildman–Crippen LogP) is 5.47. The zero-order valence-electron chi connectivity index (χ0n) is 19.9. The van der Waals surface area contributed by atoms with Crippen molar-refractivity contribution in [3.63, 3.8) is 0 Å². The van der Waals surface area contributed by atoms with Crippen LogP contribution in [0.2, 0.25) is 0 Å². The van der Waals surface area contributed by atoms with E-state index in [1.165, 1.54) is 34.7 Å². The van der Waals surface area contributed by atoms with Crippen molar-refractivity contribution in [2.45, 2.75) is 49.9 Å². The number of hydrogen-bond acceptors (Lipinski definition) is 5. The van der Waals surface area contributed by atoms with Gasteiger partial charge in [-0.1, -0.05) is 42.5 Å². The van der Waals surface area contributed by atoms with Gasteiger partial charge in [-0.2, -0.15) is 0 Å². The molecule has 4 nitrogen and oxygen atoms in total. The van der Waals surface area contributed by atoms with Crippen molar-refractivity contribution in [2.75, 3.05) is 20.6 Å². The molecule has 2 aliphatic rings. The van der Waals surface area contributed by atoms with Crippen LogP contribution in [0, 0.1) is 11.8 Å². The molecule has 0 spiro atoms. The third-order valence-corrected chi connectivity index (χ3v) is 9.92. The Morgan fingerprint density at radius 2 is 1.71 bits per heavy atom. The molecule has 5 rings (SSSR count). The fourth-order valence-corrected chi connectivity index (χ4v) is 8.17. The Hall–Kier alpha value is -1.99. The second-order valence-electron chi connectivity index (χ2n) is 10.4. The van der Waals surface area contributed by atoms with Gasteiger partial charge in [0.2, 0.25) is 5.60 Å². The van der Waals surface area contributed by atoms with E-state index in [-0.39, 0.29) is 6.10 Å². The van der Waals surface area contributed by atoms with E-state index in [2.05, 4.69) is 44.4 Å². The first-order chi connectivity index (χ1) is 16.4. The van der Waals surface area contributed by atoms with Crippen LogP contribution in [0.1, 0.15) is 41.0 Å². The molecule has 0 amide bonds. The average Bonchev–Trinajstić information content (AvgIpc) is 3.64. The number of thiophene rings is 2. The Morgan fingerprint density at radius 3 is 2.32 bits per heavy atom. The maximum atomic E-state index is 13.5. The summed E-state index contributed by atoms with van der Waals surface area (Å²) in [6.07, 6.45) is 5.35. The van der Waals surface area contributed by atoms with E-state index in [0.717, 1.165) is 36.7 Å². The third-order valence-electron chi connectivity index (χ3n) is 7.96. The summed E-state index contributed by atoms with van der Waals surface area (Å²) in [4.78, 5) is 14.8. The number of hydrogen-bond donors (Lipinski definition) is 1. The molecule has 0 radical (unpaired) electrons. The first kappa shape index (κ1) is 23.7. The highest BCUT2D eigenvalue weighted by Gasteiger charge is 2.58. The Labute approximate surface area is 210 Å². The van der Waals surface area contributed by atoms with Crippen LogP contribution in [0.3, 0.4) is 0 Å². The van der Waals surface area contributed by atoms with Gasteiger partial charge >= 0.3 is 5.97 Å². The van der Waals surface area contributed by atoms with Gasteiger partial charge in [0.25, 0.3) is 0 Å². The first-order valence-corrected chi connectivity index (χ1v) is 14.0. The average molecular weight is 497 g/mol. The fraction of sp³-hybridized carbons (Fsp3) is 0.464. The number of esters is 1. The van der Waals surface area contributed by atoms with Crippen LogP contribution in [0.5, 0.6) is 0 Å². The molecule has 34 heavy (non-hydrogen) atoms. The van der Waals surface area contributed by atoms with Gasteiger partial charge < -0.3 is 14.3 Å². The molecule has 2 aliphatic carbocycles. The van der Waals surface area contributed by atoms with Crippen LogP contribution in [0.25, 0.3) is 0 Å². The van der Waals surface area contributed by atoms with Gasteiger partial charge in [-0.15, -0.1) is 22.7 Å². The summed E-state index contributed by atoms with van der Waals surface area (Å²) < 4.78 is 7.14. The minimum Gasteiger partial charge on any atom is -0.459 e. The zero-order chi connectivity index (χ0) is 23.8. The van der Waals surface area contributed by atoms with Crippen molar-refractivity contribution in [2.24, 2.45) is 11.8 Å². The zero-order valence-corrected chi connectivity index (χ0v) is 21.6. The third kappa shape index (κ3) is 4.37. The summed E-state index contributed by atoms with van der Waals surface area (Å²) in [6.45, 7) is 1.11. The number of rotatable bonds is 9. The van der Waals surface area contributed by atoms with Crippen molar-refractivity contribution in [1.82, 2.24) is 0 Å². The molecule has 1 N–H and O–H groups in total. The molecule has 2 saturated carbocycles. The second kappa shape index (κ2) is 9.57. The summed E-state index contributed by atoms with van der Waals surface area (Å²) in [5.41, 5.74) is -0.329.